The molecule has 1 aliphatic carbocycles. The number of carbonyl (C=O) groups is 7. The van der Waals surface area contributed by atoms with Crippen molar-refractivity contribution in [1.29, 1.82) is 0 Å². The molecule has 2 aliphatic heterocycles. The molecule has 3 aliphatic rings. The summed E-state index contributed by atoms with van der Waals surface area (Å²) in [5, 5.41) is 18.0. The van der Waals surface area contributed by atoms with Crippen LogP contribution in [-0.2, 0) is 48.2 Å². The Morgan fingerprint density at radius 3 is 1.78 bits per heavy atom. The quantitative estimate of drug-likeness (QED) is 0.0711. The van der Waals surface area contributed by atoms with E-state index in [1.807, 2.05) is 84.0 Å². The number of fused-ring (bicyclic) bond motifs is 2. The van der Waals surface area contributed by atoms with Crippen molar-refractivity contribution in [2.24, 2.45) is 10.8 Å². The number of carbonyl (C=O) groups excluding carboxylic acids is 7. The molecule has 7 rings (SSSR count). The van der Waals surface area contributed by atoms with E-state index in [0.717, 1.165) is 30.4 Å². The number of hydrogen-bond donors (Lipinski definition) is 6. The lowest BCUT2D eigenvalue weighted by molar-refractivity contribution is -0.152. The van der Waals surface area contributed by atoms with Crippen molar-refractivity contribution in [1.82, 2.24) is 46.6 Å². The zero-order valence-corrected chi connectivity index (χ0v) is 47.2. The topological polar surface area (TPSA) is 201 Å². The van der Waals surface area contributed by atoms with Crippen molar-refractivity contribution < 1.29 is 38.0 Å². The van der Waals surface area contributed by atoms with Crippen LogP contribution in [0.4, 0.5) is 4.39 Å². The van der Waals surface area contributed by atoms with Gasteiger partial charge in [-0.3, -0.25) is 33.6 Å². The van der Waals surface area contributed by atoms with E-state index in [9.17, 15) is 28.8 Å². The van der Waals surface area contributed by atoms with Crippen LogP contribution in [0.5, 0.6) is 0 Å². The van der Waals surface area contributed by atoms with Gasteiger partial charge in [-0.15, -0.1) is 0 Å². The highest BCUT2D eigenvalue weighted by Gasteiger charge is 2.47. The van der Waals surface area contributed by atoms with E-state index < -0.39 is 88.6 Å². The Hall–Kier alpha value is -6.98. The van der Waals surface area contributed by atoms with Gasteiger partial charge < -0.3 is 46.6 Å². The van der Waals surface area contributed by atoms with Crippen LogP contribution < -0.4 is 31.9 Å². The van der Waals surface area contributed by atoms with Gasteiger partial charge in [0, 0.05) is 36.8 Å². The van der Waals surface area contributed by atoms with Crippen molar-refractivity contribution in [3.8, 4) is 0 Å². The highest BCUT2D eigenvalue weighted by molar-refractivity contribution is 5.97. The molecule has 0 radical (unpaired) electrons. The number of likely N-dealkylation sites (N-methyl/N-ethyl adjacent to an activating group) is 2. The summed E-state index contributed by atoms with van der Waals surface area (Å²) in [7, 11) is 3.32. The number of amides is 7. The molecule has 4 aromatic rings. The van der Waals surface area contributed by atoms with Crippen LogP contribution in [0, 0.1) is 16.6 Å². The Balaban J connectivity index is 1.16. The Morgan fingerprint density at radius 2 is 1.21 bits per heavy atom. The molecule has 17 heteroatoms. The second-order valence-corrected chi connectivity index (χ2v) is 23.4. The molecule has 7 amide bonds. The molecule has 0 spiro atoms. The Bertz CT molecular complexity index is 2850. The molecular formula is C61H80FN9O7. The normalized spacial score (nSPS) is 20.2. The largest absolute Gasteiger partial charge is 0.347 e. The van der Waals surface area contributed by atoms with Gasteiger partial charge in [-0.1, -0.05) is 120 Å². The van der Waals surface area contributed by atoms with E-state index in [4.69, 9.17) is 0 Å². The highest BCUT2D eigenvalue weighted by atomic mass is 19.1. The van der Waals surface area contributed by atoms with E-state index in [0.29, 0.717) is 17.5 Å². The lowest BCUT2D eigenvalue weighted by atomic mass is 9.83. The summed E-state index contributed by atoms with van der Waals surface area (Å²) in [5.74, 6) is -3.33. The predicted molar refractivity (Wildman–Crippen MR) is 298 cm³/mol. The van der Waals surface area contributed by atoms with Crippen molar-refractivity contribution in [2.45, 2.75) is 155 Å². The molecule has 78 heavy (non-hydrogen) atoms. The fourth-order valence-electron chi connectivity index (χ4n) is 10.9. The molecular weight excluding hydrogens is 990 g/mol. The first-order valence-electron chi connectivity index (χ1n) is 27.4. The smallest absolute Gasteiger partial charge is 0.251 e. The van der Waals surface area contributed by atoms with Crippen LogP contribution in [0.3, 0.4) is 0 Å². The Labute approximate surface area is 459 Å². The van der Waals surface area contributed by atoms with Crippen LogP contribution in [0.2, 0.25) is 0 Å². The van der Waals surface area contributed by atoms with Crippen molar-refractivity contribution in [2.75, 3.05) is 27.2 Å². The summed E-state index contributed by atoms with van der Waals surface area (Å²) in [6.07, 6.45) is 3.12. The first kappa shape index (κ1) is 58.7. The van der Waals surface area contributed by atoms with Crippen LogP contribution in [0.15, 0.2) is 97.1 Å². The van der Waals surface area contributed by atoms with E-state index >= 15 is 9.18 Å². The highest BCUT2D eigenvalue weighted by Crippen LogP contribution is 2.38. The van der Waals surface area contributed by atoms with Crippen LogP contribution in [0.25, 0.3) is 0 Å². The maximum Gasteiger partial charge on any atom is 0.251 e. The first-order chi connectivity index (χ1) is 36.9. The number of benzene rings is 4. The molecule has 16 nitrogen and oxygen atoms in total. The van der Waals surface area contributed by atoms with E-state index in [2.05, 4.69) is 38.0 Å². The molecule has 4 aromatic carbocycles. The molecule has 0 unspecified atom stereocenters. The summed E-state index contributed by atoms with van der Waals surface area (Å²) in [4.78, 5) is 105. The molecule has 6 N–H and O–H groups in total. The van der Waals surface area contributed by atoms with Crippen LogP contribution in [0.1, 0.15) is 143 Å². The maximum atomic E-state index is 15.8. The lowest BCUT2D eigenvalue weighted by Gasteiger charge is -2.43. The van der Waals surface area contributed by atoms with E-state index in [1.54, 1.807) is 87.1 Å². The maximum absolute atomic E-state index is 15.8. The number of halogens is 1. The van der Waals surface area contributed by atoms with Gasteiger partial charge in [-0.25, -0.2) is 4.39 Å². The molecule has 0 aromatic heterocycles. The number of nitrogens with zero attached hydrogens (tertiary/aromatic N) is 3. The summed E-state index contributed by atoms with van der Waals surface area (Å²) >= 11 is 0. The summed E-state index contributed by atoms with van der Waals surface area (Å²) < 4.78 is 15.8. The predicted octanol–water partition coefficient (Wildman–Crippen LogP) is 6.21. The van der Waals surface area contributed by atoms with Gasteiger partial charge in [0.05, 0.1) is 24.2 Å². The Kier molecular flexibility index (Phi) is 18.6. The molecule has 2 heterocycles. The van der Waals surface area contributed by atoms with Gasteiger partial charge in [0.2, 0.25) is 29.5 Å². The van der Waals surface area contributed by atoms with Crippen molar-refractivity contribution in [3.05, 3.63) is 142 Å². The van der Waals surface area contributed by atoms with Gasteiger partial charge in [0.1, 0.15) is 30.0 Å². The minimum atomic E-state index is -1.13. The molecule has 418 valence electrons. The average molecular weight is 1070 g/mol. The zero-order valence-electron chi connectivity index (χ0n) is 47.2. The van der Waals surface area contributed by atoms with E-state index in [-0.39, 0.29) is 60.9 Å². The van der Waals surface area contributed by atoms with Gasteiger partial charge in [-0.2, -0.15) is 0 Å². The number of hydrogen-bond acceptors (Lipinski definition) is 9. The minimum absolute atomic E-state index is 0.0127. The molecule has 1 fully saturated rings. The lowest BCUT2D eigenvalue weighted by Crippen LogP contribution is -2.60. The first-order valence-corrected chi connectivity index (χ1v) is 27.4. The second-order valence-electron chi connectivity index (χ2n) is 23.4. The van der Waals surface area contributed by atoms with Gasteiger partial charge in [0.25, 0.3) is 11.8 Å². The van der Waals surface area contributed by atoms with Crippen molar-refractivity contribution in [3.63, 3.8) is 0 Å². The van der Waals surface area contributed by atoms with E-state index in [1.165, 1.54) is 16.5 Å². The van der Waals surface area contributed by atoms with Crippen molar-refractivity contribution >= 4 is 41.4 Å². The SMILES string of the molecule is CN[C@@H](C)C(=O)N[C@H](C(=O)N1CCc2ccccc2[C@H]1C(=O)N(Cc1ccc(C(=O)N[C@H]2C[C@@H](C(=O)N[C@@H]3CCCc4ccccc43)N(C(=O)[C@@H](NC(=O)[C@H](C)NC)C(C)(C)C)C2)cc1)[C@H](C)c1ccccc1F)C(C)(C)C. The third-order valence-corrected chi connectivity index (χ3v) is 15.8. The summed E-state index contributed by atoms with van der Waals surface area (Å²) in [6, 6.07) is 21.5. The molecule has 0 saturated carbocycles. The standard InChI is InChI=1S/C61H80FN9O7/c1-36(63-10)53(72)67-51(60(4,5)6)58(77)69-32-31-41-20-13-15-24-46(41)50(69)57(76)70(38(3)44-22-16-17-25-47(44)62)34-39-27-29-42(30-28-39)55(74)65-43-33-49(56(75)66-48-26-18-21-40-19-12-14-23-45(40)48)71(35-43)59(78)52(61(7,8)9)68-54(73)37(2)64-11/h12-17,19-20,22-25,27-30,36-38,43,48-52,63-64H,18,21,26,31-35H2,1-11H3,(H,65,74)(H,66,75)(H,67,72)(H,68,73)/t36-,37-,38+,43-,48+,49-,50-,51+,52+/m0/s1. The van der Waals surface area contributed by atoms with Gasteiger partial charge >= 0.3 is 0 Å². The molecule has 9 atom stereocenters. The summed E-state index contributed by atoms with van der Waals surface area (Å²) in [6.45, 7) is 16.5. The number of nitrogens with one attached hydrogen (secondary N) is 6. The van der Waals surface area contributed by atoms with Gasteiger partial charge in [-0.05, 0) is 124 Å². The number of rotatable bonds is 17. The zero-order chi connectivity index (χ0) is 56.8. The third-order valence-electron chi connectivity index (χ3n) is 15.8. The molecule has 0 bridgehead atoms. The Morgan fingerprint density at radius 1 is 0.667 bits per heavy atom. The second kappa shape index (κ2) is 24.8. The van der Waals surface area contributed by atoms with Gasteiger partial charge in [0.15, 0.2) is 0 Å². The number of aryl methyl sites for hydroxylation is 1. The average Bonchev–Trinajstić information content (AvgIpc) is 4.01. The minimum Gasteiger partial charge on any atom is -0.347 e. The monoisotopic (exact) mass is 1070 g/mol. The fraction of sp³-hybridized carbons (Fsp3) is 0.492. The summed E-state index contributed by atoms with van der Waals surface area (Å²) in [5.41, 5.74) is 3.42. The van der Waals surface area contributed by atoms with Crippen LogP contribution >= 0.6 is 0 Å². The number of likely N-dealkylation sites (tertiary alicyclic amines) is 1. The van der Waals surface area contributed by atoms with Crippen LogP contribution in [-0.4, -0.2) is 119 Å². The third kappa shape index (κ3) is 13.3. The fourth-order valence-corrected chi connectivity index (χ4v) is 10.9. The molecule has 1 saturated heterocycles.